The second-order valence-corrected chi connectivity index (χ2v) is 6.29. The lowest BCUT2D eigenvalue weighted by Gasteiger charge is -2.12. The maximum atomic E-state index is 12.0. The Morgan fingerprint density at radius 3 is 2.44 bits per heavy atom. The van der Waals surface area contributed by atoms with Crippen molar-refractivity contribution in [2.24, 2.45) is 5.92 Å². The van der Waals surface area contributed by atoms with Crippen molar-refractivity contribution in [3.05, 3.63) is 29.3 Å². The SMILES string of the molecule is CCCNC(=O)NC(=O)CNc1ccc(C(=O)NCC(C)C)cc1C. The molecule has 0 fully saturated rings. The van der Waals surface area contributed by atoms with Gasteiger partial charge < -0.3 is 16.0 Å². The molecule has 0 radical (unpaired) electrons. The lowest BCUT2D eigenvalue weighted by Crippen LogP contribution is -2.42. The molecule has 25 heavy (non-hydrogen) atoms. The van der Waals surface area contributed by atoms with E-state index >= 15 is 0 Å². The summed E-state index contributed by atoms with van der Waals surface area (Å²) >= 11 is 0. The number of nitrogens with one attached hydrogen (secondary N) is 4. The summed E-state index contributed by atoms with van der Waals surface area (Å²) < 4.78 is 0. The smallest absolute Gasteiger partial charge is 0.321 e. The highest BCUT2D eigenvalue weighted by atomic mass is 16.2. The van der Waals surface area contributed by atoms with Crippen LogP contribution in [0.4, 0.5) is 10.5 Å². The zero-order chi connectivity index (χ0) is 18.8. The maximum Gasteiger partial charge on any atom is 0.321 e. The van der Waals surface area contributed by atoms with Crippen LogP contribution in [-0.4, -0.2) is 37.5 Å². The lowest BCUT2D eigenvalue weighted by atomic mass is 10.1. The molecular formula is C18H28N4O3. The van der Waals surface area contributed by atoms with E-state index in [9.17, 15) is 14.4 Å². The Morgan fingerprint density at radius 1 is 1.12 bits per heavy atom. The van der Waals surface area contributed by atoms with Crippen LogP contribution in [-0.2, 0) is 4.79 Å². The lowest BCUT2D eigenvalue weighted by molar-refractivity contribution is -0.118. The molecule has 0 heterocycles. The van der Waals surface area contributed by atoms with Gasteiger partial charge in [0.1, 0.15) is 0 Å². The summed E-state index contributed by atoms with van der Waals surface area (Å²) in [6.07, 6.45) is 0.802. The van der Waals surface area contributed by atoms with Gasteiger partial charge in [0.05, 0.1) is 6.54 Å². The first kappa shape index (κ1) is 20.5. The number of aryl methyl sites for hydroxylation is 1. The number of benzene rings is 1. The number of rotatable bonds is 8. The molecule has 4 N–H and O–H groups in total. The van der Waals surface area contributed by atoms with Crippen LogP contribution in [0.2, 0.25) is 0 Å². The third kappa shape index (κ3) is 7.69. The van der Waals surface area contributed by atoms with Crippen LogP contribution in [0.1, 0.15) is 43.1 Å². The van der Waals surface area contributed by atoms with E-state index < -0.39 is 11.9 Å². The van der Waals surface area contributed by atoms with Gasteiger partial charge in [0.15, 0.2) is 0 Å². The van der Waals surface area contributed by atoms with E-state index in [0.29, 0.717) is 24.6 Å². The highest BCUT2D eigenvalue weighted by molar-refractivity contribution is 5.97. The van der Waals surface area contributed by atoms with E-state index in [4.69, 9.17) is 0 Å². The Labute approximate surface area is 148 Å². The van der Waals surface area contributed by atoms with Crippen molar-refractivity contribution in [2.75, 3.05) is 25.0 Å². The number of carbonyl (C=O) groups excluding carboxylic acids is 3. The van der Waals surface area contributed by atoms with Crippen molar-refractivity contribution in [1.82, 2.24) is 16.0 Å². The summed E-state index contributed by atoms with van der Waals surface area (Å²) in [6, 6.07) is 4.73. The molecule has 4 amide bonds. The fraction of sp³-hybridized carbons (Fsp3) is 0.500. The van der Waals surface area contributed by atoms with Crippen LogP contribution in [0.3, 0.4) is 0 Å². The number of urea groups is 1. The van der Waals surface area contributed by atoms with Crippen molar-refractivity contribution in [3.63, 3.8) is 0 Å². The molecule has 0 saturated heterocycles. The number of hydrogen-bond donors (Lipinski definition) is 4. The minimum absolute atomic E-state index is 0.0285. The second kappa shape index (κ2) is 10.3. The Morgan fingerprint density at radius 2 is 1.84 bits per heavy atom. The molecule has 138 valence electrons. The van der Waals surface area contributed by atoms with Crippen molar-refractivity contribution in [2.45, 2.75) is 34.1 Å². The fourth-order valence-corrected chi connectivity index (χ4v) is 2.03. The minimum atomic E-state index is -0.498. The number of amides is 4. The van der Waals surface area contributed by atoms with Gasteiger partial charge in [-0.15, -0.1) is 0 Å². The van der Waals surface area contributed by atoms with Crippen LogP contribution in [0.25, 0.3) is 0 Å². The predicted octanol–water partition coefficient (Wildman–Crippen LogP) is 2.03. The topological polar surface area (TPSA) is 99.3 Å². The summed E-state index contributed by atoms with van der Waals surface area (Å²) in [7, 11) is 0. The van der Waals surface area contributed by atoms with Crippen LogP contribution in [0.5, 0.6) is 0 Å². The van der Waals surface area contributed by atoms with Crippen molar-refractivity contribution < 1.29 is 14.4 Å². The van der Waals surface area contributed by atoms with Gasteiger partial charge in [-0.2, -0.15) is 0 Å². The molecule has 7 nitrogen and oxygen atoms in total. The van der Waals surface area contributed by atoms with Crippen molar-refractivity contribution in [3.8, 4) is 0 Å². The molecule has 0 aliphatic carbocycles. The zero-order valence-electron chi connectivity index (χ0n) is 15.4. The van der Waals surface area contributed by atoms with Crippen LogP contribution >= 0.6 is 0 Å². The van der Waals surface area contributed by atoms with E-state index in [1.165, 1.54) is 0 Å². The average molecular weight is 348 g/mol. The van der Waals surface area contributed by atoms with E-state index in [-0.39, 0.29) is 12.5 Å². The number of hydrogen-bond acceptors (Lipinski definition) is 4. The molecule has 0 saturated carbocycles. The summed E-state index contributed by atoms with van der Waals surface area (Å²) in [4.78, 5) is 35.2. The molecule has 1 rings (SSSR count). The van der Waals surface area contributed by atoms with Crippen LogP contribution < -0.4 is 21.3 Å². The normalized spacial score (nSPS) is 10.3. The van der Waals surface area contributed by atoms with Crippen LogP contribution in [0, 0.1) is 12.8 Å². The van der Waals surface area contributed by atoms with Gasteiger partial charge in [-0.3, -0.25) is 14.9 Å². The molecular weight excluding hydrogens is 320 g/mol. The monoisotopic (exact) mass is 348 g/mol. The standard InChI is InChI=1S/C18H28N4O3/c1-5-8-19-18(25)22-16(23)11-20-15-7-6-14(9-13(15)4)17(24)21-10-12(2)3/h6-7,9,12,20H,5,8,10-11H2,1-4H3,(H,21,24)(H2,19,22,23,25). The molecule has 0 aromatic heterocycles. The largest absolute Gasteiger partial charge is 0.376 e. The average Bonchev–Trinajstić information content (AvgIpc) is 2.56. The number of carbonyl (C=O) groups is 3. The van der Waals surface area contributed by atoms with Gasteiger partial charge >= 0.3 is 6.03 Å². The van der Waals surface area contributed by atoms with Gasteiger partial charge in [-0.05, 0) is 43.0 Å². The van der Waals surface area contributed by atoms with Crippen molar-refractivity contribution in [1.29, 1.82) is 0 Å². The summed E-state index contributed by atoms with van der Waals surface area (Å²) in [5.41, 5.74) is 2.16. The van der Waals surface area contributed by atoms with Gasteiger partial charge in [0.2, 0.25) is 5.91 Å². The predicted molar refractivity (Wildman–Crippen MR) is 98.7 cm³/mol. The first-order valence-corrected chi connectivity index (χ1v) is 8.53. The number of imide groups is 1. The molecule has 0 bridgehead atoms. The van der Waals surface area contributed by atoms with Crippen molar-refractivity contribution >= 4 is 23.5 Å². The van der Waals surface area contributed by atoms with E-state index in [0.717, 1.165) is 17.7 Å². The number of anilines is 1. The molecule has 7 heteroatoms. The zero-order valence-corrected chi connectivity index (χ0v) is 15.4. The first-order valence-electron chi connectivity index (χ1n) is 8.53. The quantitative estimate of drug-likeness (QED) is 0.577. The molecule has 1 aromatic rings. The van der Waals surface area contributed by atoms with Gasteiger partial charge in [0.25, 0.3) is 5.91 Å². The Balaban J connectivity index is 2.53. The van der Waals surface area contributed by atoms with Crippen LogP contribution in [0.15, 0.2) is 18.2 Å². The minimum Gasteiger partial charge on any atom is -0.376 e. The molecule has 0 atom stereocenters. The second-order valence-electron chi connectivity index (χ2n) is 6.29. The summed E-state index contributed by atoms with van der Waals surface area (Å²) in [5, 5.41) is 10.6. The molecule has 0 spiro atoms. The molecule has 0 unspecified atom stereocenters. The Bertz CT molecular complexity index is 614. The summed E-state index contributed by atoms with van der Waals surface area (Å²) in [5.74, 6) is -0.153. The highest BCUT2D eigenvalue weighted by Crippen LogP contribution is 2.16. The Kier molecular flexibility index (Phi) is 8.46. The fourth-order valence-electron chi connectivity index (χ4n) is 2.03. The molecule has 1 aromatic carbocycles. The Hall–Kier alpha value is -2.57. The van der Waals surface area contributed by atoms with Gasteiger partial charge in [-0.1, -0.05) is 20.8 Å². The molecule has 0 aliphatic heterocycles. The molecule has 0 aliphatic rings. The van der Waals surface area contributed by atoms with Gasteiger partial charge in [-0.25, -0.2) is 4.79 Å². The summed E-state index contributed by atoms with van der Waals surface area (Å²) in [6.45, 7) is 8.97. The first-order chi connectivity index (χ1) is 11.8. The van der Waals surface area contributed by atoms with E-state index in [1.807, 2.05) is 27.7 Å². The van der Waals surface area contributed by atoms with E-state index in [2.05, 4.69) is 21.3 Å². The van der Waals surface area contributed by atoms with E-state index in [1.54, 1.807) is 18.2 Å². The third-order valence-corrected chi connectivity index (χ3v) is 3.39. The highest BCUT2D eigenvalue weighted by Gasteiger charge is 2.10. The van der Waals surface area contributed by atoms with Gasteiger partial charge in [0, 0.05) is 24.3 Å². The maximum absolute atomic E-state index is 12.0. The third-order valence-electron chi connectivity index (χ3n) is 3.39.